The lowest BCUT2D eigenvalue weighted by molar-refractivity contribution is 0.403. The van der Waals surface area contributed by atoms with E-state index in [9.17, 15) is 0 Å². The summed E-state index contributed by atoms with van der Waals surface area (Å²) in [5, 5.41) is 9.69. The highest BCUT2D eigenvalue weighted by Gasteiger charge is 2.23. The van der Waals surface area contributed by atoms with Gasteiger partial charge in [-0.2, -0.15) is 5.10 Å². The van der Waals surface area contributed by atoms with Crippen LogP contribution in [0.2, 0.25) is 0 Å². The Hall–Kier alpha value is -1.33. The molecule has 2 rings (SSSR count). The zero-order valence-corrected chi connectivity index (χ0v) is 11.3. The van der Waals surface area contributed by atoms with E-state index in [4.69, 9.17) is 4.74 Å². The molecule has 5 heteroatoms. The average molecular weight is 251 g/mol. The van der Waals surface area contributed by atoms with E-state index in [-0.39, 0.29) is 6.04 Å². The summed E-state index contributed by atoms with van der Waals surface area (Å²) in [6.45, 7) is 2.12. The van der Waals surface area contributed by atoms with Gasteiger partial charge in [0.2, 0.25) is 0 Å². The maximum absolute atomic E-state index is 5.37. The number of methoxy groups -OCH3 is 1. The second-order valence-corrected chi connectivity index (χ2v) is 4.86. The van der Waals surface area contributed by atoms with Gasteiger partial charge in [-0.3, -0.25) is 4.68 Å². The van der Waals surface area contributed by atoms with Gasteiger partial charge in [0.05, 0.1) is 19.3 Å². The molecule has 0 fully saturated rings. The number of hydrogen-bond donors (Lipinski definition) is 1. The zero-order chi connectivity index (χ0) is 12.4. The lowest BCUT2D eigenvalue weighted by Gasteiger charge is -2.17. The zero-order valence-electron chi connectivity index (χ0n) is 10.5. The van der Waals surface area contributed by atoms with Crippen LogP contribution >= 0.6 is 11.3 Å². The van der Waals surface area contributed by atoms with Gasteiger partial charge in [0.1, 0.15) is 5.69 Å². The van der Waals surface area contributed by atoms with Crippen LogP contribution in [-0.4, -0.2) is 23.9 Å². The number of hydrogen-bond acceptors (Lipinski definition) is 4. The van der Waals surface area contributed by atoms with Gasteiger partial charge >= 0.3 is 0 Å². The first-order valence-electron chi connectivity index (χ1n) is 5.46. The standard InChI is InChI=1S/C12H17N3OS/c1-8-5-6-17-12(8)10(13-2)11-9(16-4)7-14-15(11)3/h5-7,10,13H,1-4H3. The third kappa shape index (κ3) is 2.08. The number of aromatic nitrogens is 2. The highest BCUT2D eigenvalue weighted by Crippen LogP contribution is 2.33. The Bertz CT molecular complexity index is 504. The summed E-state index contributed by atoms with van der Waals surface area (Å²) in [6, 6.07) is 2.25. The molecule has 1 atom stereocenters. The summed E-state index contributed by atoms with van der Waals surface area (Å²) < 4.78 is 7.23. The van der Waals surface area contributed by atoms with E-state index in [1.165, 1.54) is 10.4 Å². The number of aryl methyl sites for hydroxylation is 2. The monoisotopic (exact) mass is 251 g/mol. The molecule has 4 nitrogen and oxygen atoms in total. The lowest BCUT2D eigenvalue weighted by atomic mass is 10.1. The third-order valence-electron chi connectivity index (χ3n) is 2.90. The van der Waals surface area contributed by atoms with E-state index >= 15 is 0 Å². The fourth-order valence-electron chi connectivity index (χ4n) is 1.99. The summed E-state index contributed by atoms with van der Waals surface area (Å²) >= 11 is 1.75. The van der Waals surface area contributed by atoms with Crippen molar-refractivity contribution >= 4 is 11.3 Å². The molecule has 0 aliphatic heterocycles. The molecular formula is C12H17N3OS. The van der Waals surface area contributed by atoms with E-state index in [0.717, 1.165) is 11.4 Å². The predicted molar refractivity (Wildman–Crippen MR) is 69.7 cm³/mol. The van der Waals surface area contributed by atoms with Crippen LogP contribution in [0.15, 0.2) is 17.6 Å². The highest BCUT2D eigenvalue weighted by molar-refractivity contribution is 7.10. The largest absolute Gasteiger partial charge is 0.493 e. The summed E-state index contributed by atoms with van der Waals surface area (Å²) in [5.74, 6) is 0.819. The number of ether oxygens (including phenoxy) is 1. The van der Waals surface area contributed by atoms with Gasteiger partial charge < -0.3 is 10.1 Å². The molecule has 2 heterocycles. The fraction of sp³-hybridized carbons (Fsp3) is 0.417. The van der Waals surface area contributed by atoms with Crippen LogP contribution in [0.1, 0.15) is 22.2 Å². The van der Waals surface area contributed by atoms with Crippen LogP contribution in [0.4, 0.5) is 0 Å². The summed E-state index contributed by atoms with van der Waals surface area (Å²) in [7, 11) is 5.57. The molecule has 2 aromatic heterocycles. The van der Waals surface area contributed by atoms with Gasteiger partial charge in [-0.05, 0) is 31.0 Å². The fourth-order valence-corrected chi connectivity index (χ4v) is 3.02. The molecule has 0 aliphatic rings. The van der Waals surface area contributed by atoms with Gasteiger partial charge in [0.25, 0.3) is 0 Å². The molecule has 0 bridgehead atoms. The van der Waals surface area contributed by atoms with Crippen molar-refractivity contribution in [1.29, 1.82) is 0 Å². The van der Waals surface area contributed by atoms with Crippen LogP contribution in [0.5, 0.6) is 5.75 Å². The van der Waals surface area contributed by atoms with Crippen molar-refractivity contribution in [2.45, 2.75) is 13.0 Å². The molecule has 0 radical (unpaired) electrons. The number of nitrogens with zero attached hydrogens (tertiary/aromatic N) is 2. The molecular weight excluding hydrogens is 234 g/mol. The quantitative estimate of drug-likeness (QED) is 0.904. The van der Waals surface area contributed by atoms with Crippen LogP contribution < -0.4 is 10.1 Å². The number of thiophene rings is 1. The van der Waals surface area contributed by atoms with Crippen molar-refractivity contribution in [2.75, 3.05) is 14.2 Å². The topological polar surface area (TPSA) is 39.1 Å². The lowest BCUT2D eigenvalue weighted by Crippen LogP contribution is -2.21. The predicted octanol–water partition coefficient (Wildman–Crippen LogP) is 2.11. The first kappa shape index (κ1) is 12.1. The van der Waals surface area contributed by atoms with Crippen molar-refractivity contribution in [3.63, 3.8) is 0 Å². The van der Waals surface area contributed by atoms with E-state index in [1.807, 2.05) is 18.8 Å². The van der Waals surface area contributed by atoms with Crippen molar-refractivity contribution < 1.29 is 4.74 Å². The van der Waals surface area contributed by atoms with Gasteiger partial charge in [-0.25, -0.2) is 0 Å². The van der Waals surface area contributed by atoms with Crippen LogP contribution in [0.25, 0.3) is 0 Å². The van der Waals surface area contributed by atoms with E-state index in [2.05, 4.69) is 28.8 Å². The van der Waals surface area contributed by atoms with Gasteiger partial charge in [-0.15, -0.1) is 11.3 Å². The Morgan fingerprint density at radius 3 is 2.82 bits per heavy atom. The minimum Gasteiger partial charge on any atom is -0.493 e. The molecule has 0 aliphatic carbocycles. The minimum absolute atomic E-state index is 0.123. The summed E-state index contributed by atoms with van der Waals surface area (Å²) in [4.78, 5) is 1.30. The molecule has 0 saturated carbocycles. The van der Waals surface area contributed by atoms with Crippen LogP contribution in [-0.2, 0) is 7.05 Å². The van der Waals surface area contributed by atoms with Crippen molar-refractivity contribution in [3.05, 3.63) is 33.8 Å². The Balaban J connectivity index is 2.49. The third-order valence-corrected chi connectivity index (χ3v) is 3.98. The highest BCUT2D eigenvalue weighted by atomic mass is 32.1. The van der Waals surface area contributed by atoms with Crippen LogP contribution in [0.3, 0.4) is 0 Å². The van der Waals surface area contributed by atoms with Gasteiger partial charge in [-0.1, -0.05) is 0 Å². The van der Waals surface area contributed by atoms with Gasteiger partial charge in [0.15, 0.2) is 5.75 Å². The molecule has 2 aromatic rings. The maximum atomic E-state index is 5.37. The SMILES string of the molecule is CNC(c1sccc1C)c1c(OC)cnn1C. The molecule has 0 aromatic carbocycles. The normalized spacial score (nSPS) is 12.7. The van der Waals surface area contributed by atoms with Crippen molar-refractivity contribution in [3.8, 4) is 5.75 Å². The Labute approximate surface area is 105 Å². The Morgan fingerprint density at radius 1 is 1.53 bits per heavy atom. The number of rotatable bonds is 4. The molecule has 92 valence electrons. The average Bonchev–Trinajstić information content (AvgIpc) is 2.89. The summed E-state index contributed by atoms with van der Waals surface area (Å²) in [6.07, 6.45) is 1.75. The molecule has 1 unspecified atom stereocenters. The molecule has 0 spiro atoms. The molecule has 0 amide bonds. The summed E-state index contributed by atoms with van der Waals surface area (Å²) in [5.41, 5.74) is 2.35. The molecule has 17 heavy (non-hydrogen) atoms. The Kier molecular flexibility index (Phi) is 3.49. The molecule has 1 N–H and O–H groups in total. The first-order valence-corrected chi connectivity index (χ1v) is 6.34. The van der Waals surface area contributed by atoms with E-state index < -0.39 is 0 Å². The number of nitrogens with one attached hydrogen (secondary N) is 1. The molecule has 0 saturated heterocycles. The Morgan fingerprint density at radius 2 is 2.29 bits per heavy atom. The van der Waals surface area contributed by atoms with Gasteiger partial charge in [0, 0.05) is 11.9 Å². The van der Waals surface area contributed by atoms with Crippen LogP contribution in [0, 0.1) is 6.92 Å². The minimum atomic E-state index is 0.123. The second-order valence-electron chi connectivity index (χ2n) is 3.91. The second kappa shape index (κ2) is 4.89. The smallest absolute Gasteiger partial charge is 0.161 e. The van der Waals surface area contributed by atoms with E-state index in [0.29, 0.717) is 0 Å². The van der Waals surface area contributed by atoms with E-state index in [1.54, 1.807) is 24.6 Å². The first-order chi connectivity index (χ1) is 8.19. The van der Waals surface area contributed by atoms with Crippen molar-refractivity contribution in [1.82, 2.24) is 15.1 Å². The maximum Gasteiger partial charge on any atom is 0.161 e. The van der Waals surface area contributed by atoms with Crippen molar-refractivity contribution in [2.24, 2.45) is 7.05 Å².